The van der Waals surface area contributed by atoms with Crippen LogP contribution in [-0.4, -0.2) is 32.9 Å². The van der Waals surface area contributed by atoms with Gasteiger partial charge < -0.3 is 9.30 Å². The molecule has 0 bridgehead atoms. The van der Waals surface area contributed by atoms with Crippen LogP contribution in [0.15, 0.2) is 41.3 Å². The summed E-state index contributed by atoms with van der Waals surface area (Å²) >= 11 is 0. The quantitative estimate of drug-likeness (QED) is 0.726. The molecule has 3 aromatic rings. The van der Waals surface area contributed by atoms with Crippen molar-refractivity contribution < 1.29 is 9.18 Å². The minimum atomic E-state index is -0.424. The normalized spacial score (nSPS) is 15.3. The van der Waals surface area contributed by atoms with Gasteiger partial charge in [-0.3, -0.25) is 14.2 Å². The van der Waals surface area contributed by atoms with Gasteiger partial charge in [-0.15, -0.1) is 0 Å². The SMILES string of the molecule is O=C(Cn1c(=O)c2cccn2c2ccc(F)cc21)N1CCCCC1. The van der Waals surface area contributed by atoms with E-state index < -0.39 is 5.82 Å². The average molecular weight is 327 g/mol. The lowest BCUT2D eigenvalue weighted by Crippen LogP contribution is -2.39. The highest BCUT2D eigenvalue weighted by molar-refractivity contribution is 5.82. The fourth-order valence-electron chi connectivity index (χ4n) is 3.46. The van der Waals surface area contributed by atoms with E-state index in [0.717, 1.165) is 32.4 Å². The number of nitrogens with zero attached hydrogens (tertiary/aromatic N) is 3. The summed E-state index contributed by atoms with van der Waals surface area (Å²) in [5.74, 6) is -0.508. The van der Waals surface area contributed by atoms with Crippen LogP contribution < -0.4 is 5.56 Å². The van der Waals surface area contributed by atoms with E-state index in [0.29, 0.717) is 16.6 Å². The third-order valence-corrected chi connectivity index (χ3v) is 4.70. The highest BCUT2D eigenvalue weighted by Crippen LogP contribution is 2.17. The van der Waals surface area contributed by atoms with E-state index in [1.165, 1.54) is 16.7 Å². The smallest absolute Gasteiger partial charge is 0.275 e. The Morgan fingerprint density at radius 2 is 1.83 bits per heavy atom. The topological polar surface area (TPSA) is 46.7 Å². The summed E-state index contributed by atoms with van der Waals surface area (Å²) in [6.07, 6.45) is 4.89. The number of hydrogen-bond acceptors (Lipinski definition) is 2. The van der Waals surface area contributed by atoms with E-state index in [1.807, 2.05) is 0 Å². The lowest BCUT2D eigenvalue weighted by Gasteiger charge is -2.27. The van der Waals surface area contributed by atoms with Crippen molar-refractivity contribution in [3.05, 3.63) is 52.7 Å². The van der Waals surface area contributed by atoms with E-state index in [1.54, 1.807) is 33.7 Å². The molecule has 0 atom stereocenters. The van der Waals surface area contributed by atoms with Crippen LogP contribution >= 0.6 is 0 Å². The van der Waals surface area contributed by atoms with E-state index in [9.17, 15) is 14.0 Å². The van der Waals surface area contributed by atoms with Crippen LogP contribution in [0, 0.1) is 5.82 Å². The maximum atomic E-state index is 13.7. The van der Waals surface area contributed by atoms with Crippen LogP contribution in [0.3, 0.4) is 0 Å². The van der Waals surface area contributed by atoms with Crippen LogP contribution in [0.25, 0.3) is 16.6 Å². The summed E-state index contributed by atoms with van der Waals surface area (Å²) in [6.45, 7) is 1.40. The van der Waals surface area contributed by atoms with Gasteiger partial charge in [-0.1, -0.05) is 0 Å². The Bertz CT molecular complexity index is 983. The molecule has 0 radical (unpaired) electrons. The van der Waals surface area contributed by atoms with Crippen molar-refractivity contribution in [1.82, 2.24) is 13.9 Å². The fraction of sp³-hybridized carbons (Fsp3) is 0.333. The van der Waals surface area contributed by atoms with Crippen molar-refractivity contribution in [2.75, 3.05) is 13.1 Å². The number of halogens is 1. The Morgan fingerprint density at radius 1 is 1.04 bits per heavy atom. The van der Waals surface area contributed by atoms with Crippen LogP contribution in [0.4, 0.5) is 4.39 Å². The van der Waals surface area contributed by atoms with Crippen LogP contribution in [0.1, 0.15) is 19.3 Å². The molecule has 6 heteroatoms. The number of rotatable bonds is 2. The first-order valence-corrected chi connectivity index (χ1v) is 8.22. The van der Waals surface area contributed by atoms with Gasteiger partial charge in [0.2, 0.25) is 5.91 Å². The maximum absolute atomic E-state index is 13.7. The van der Waals surface area contributed by atoms with Gasteiger partial charge in [0.15, 0.2) is 0 Å². The molecule has 124 valence electrons. The Balaban J connectivity index is 1.85. The zero-order valence-corrected chi connectivity index (χ0v) is 13.2. The number of carbonyl (C=O) groups excluding carboxylic acids is 1. The first-order chi connectivity index (χ1) is 11.6. The number of benzene rings is 1. The zero-order valence-electron chi connectivity index (χ0n) is 13.2. The third kappa shape index (κ3) is 2.38. The van der Waals surface area contributed by atoms with E-state index in [-0.39, 0.29) is 18.0 Å². The van der Waals surface area contributed by atoms with Crippen LogP contribution in [0.2, 0.25) is 0 Å². The van der Waals surface area contributed by atoms with E-state index in [2.05, 4.69) is 0 Å². The molecule has 0 N–H and O–H groups in total. The molecule has 1 fully saturated rings. The Kier molecular flexibility index (Phi) is 3.59. The largest absolute Gasteiger partial charge is 0.341 e. The van der Waals surface area contributed by atoms with Gasteiger partial charge in [0.05, 0.1) is 11.0 Å². The van der Waals surface area contributed by atoms with E-state index in [4.69, 9.17) is 0 Å². The van der Waals surface area contributed by atoms with Gasteiger partial charge >= 0.3 is 0 Å². The number of amides is 1. The predicted octanol–water partition coefficient (Wildman–Crippen LogP) is 2.41. The Hall–Kier alpha value is -2.63. The van der Waals surface area contributed by atoms with Crippen LogP contribution in [-0.2, 0) is 11.3 Å². The lowest BCUT2D eigenvalue weighted by atomic mass is 10.1. The predicted molar refractivity (Wildman–Crippen MR) is 89.6 cm³/mol. The second kappa shape index (κ2) is 5.78. The van der Waals surface area contributed by atoms with Crippen molar-refractivity contribution >= 4 is 22.5 Å². The summed E-state index contributed by atoms with van der Waals surface area (Å²) in [7, 11) is 0. The summed E-state index contributed by atoms with van der Waals surface area (Å²) < 4.78 is 16.9. The molecule has 0 unspecified atom stereocenters. The molecule has 5 nitrogen and oxygen atoms in total. The molecular formula is C18H18FN3O2. The number of aromatic nitrogens is 2. The van der Waals surface area contributed by atoms with Gasteiger partial charge in [0.25, 0.3) is 5.56 Å². The Labute approximate surface area is 137 Å². The molecule has 3 heterocycles. The number of piperidine rings is 1. The number of likely N-dealkylation sites (tertiary alicyclic amines) is 1. The summed E-state index contributed by atoms with van der Waals surface area (Å²) in [5.41, 5.74) is 1.36. The average Bonchev–Trinajstić information content (AvgIpc) is 3.09. The highest BCUT2D eigenvalue weighted by Gasteiger charge is 2.19. The van der Waals surface area contributed by atoms with Gasteiger partial charge in [-0.25, -0.2) is 4.39 Å². The van der Waals surface area contributed by atoms with Gasteiger partial charge in [-0.05, 0) is 49.6 Å². The second-order valence-electron chi connectivity index (χ2n) is 6.23. The van der Waals surface area contributed by atoms with Gasteiger partial charge in [0.1, 0.15) is 17.9 Å². The standard InChI is InChI=1S/C18H18FN3O2/c19-13-6-7-14-16(11-13)22(18(24)15-5-4-10-21(14)15)12-17(23)20-8-2-1-3-9-20/h4-7,10-11H,1-3,8-9,12H2. The summed E-state index contributed by atoms with van der Waals surface area (Å²) in [5, 5.41) is 0. The summed E-state index contributed by atoms with van der Waals surface area (Å²) in [6, 6.07) is 7.81. The molecule has 0 spiro atoms. The molecular weight excluding hydrogens is 309 g/mol. The molecule has 4 rings (SSSR count). The van der Waals surface area contributed by atoms with Crippen LogP contribution in [0.5, 0.6) is 0 Å². The van der Waals surface area contributed by atoms with Crippen molar-refractivity contribution in [2.45, 2.75) is 25.8 Å². The van der Waals surface area contributed by atoms with Crippen molar-refractivity contribution in [3.8, 4) is 0 Å². The molecule has 1 amide bonds. The Morgan fingerprint density at radius 3 is 2.62 bits per heavy atom. The lowest BCUT2D eigenvalue weighted by molar-refractivity contribution is -0.132. The number of carbonyl (C=O) groups is 1. The third-order valence-electron chi connectivity index (χ3n) is 4.70. The minimum Gasteiger partial charge on any atom is -0.341 e. The molecule has 1 aliphatic rings. The maximum Gasteiger partial charge on any atom is 0.275 e. The molecule has 0 aliphatic carbocycles. The first-order valence-electron chi connectivity index (χ1n) is 8.22. The van der Waals surface area contributed by atoms with Crippen molar-refractivity contribution in [1.29, 1.82) is 0 Å². The molecule has 2 aromatic heterocycles. The monoisotopic (exact) mass is 327 g/mol. The van der Waals surface area contributed by atoms with E-state index >= 15 is 0 Å². The van der Waals surface area contributed by atoms with Gasteiger partial charge in [-0.2, -0.15) is 0 Å². The number of fused-ring (bicyclic) bond motifs is 3. The van der Waals surface area contributed by atoms with Crippen molar-refractivity contribution in [3.63, 3.8) is 0 Å². The number of hydrogen-bond donors (Lipinski definition) is 0. The molecule has 1 aliphatic heterocycles. The van der Waals surface area contributed by atoms with Crippen molar-refractivity contribution in [2.24, 2.45) is 0 Å². The second-order valence-corrected chi connectivity index (χ2v) is 6.23. The highest BCUT2D eigenvalue weighted by atomic mass is 19.1. The summed E-state index contributed by atoms with van der Waals surface area (Å²) in [4.78, 5) is 27.2. The zero-order chi connectivity index (χ0) is 16.7. The minimum absolute atomic E-state index is 0.0551. The molecule has 24 heavy (non-hydrogen) atoms. The fourth-order valence-corrected chi connectivity index (χ4v) is 3.46. The molecule has 0 saturated carbocycles. The molecule has 1 aromatic carbocycles. The van der Waals surface area contributed by atoms with Gasteiger partial charge in [0, 0.05) is 19.3 Å². The first kappa shape index (κ1) is 14.9. The molecule has 1 saturated heterocycles.